The van der Waals surface area contributed by atoms with Crippen LogP contribution in [0.4, 0.5) is 5.69 Å². The van der Waals surface area contributed by atoms with Crippen molar-refractivity contribution in [3.05, 3.63) is 41.7 Å². The number of carbonyl (C=O) groups excluding carboxylic acids is 1. The number of esters is 1. The first-order valence-electron chi connectivity index (χ1n) is 6.81. The Kier molecular flexibility index (Phi) is 3.18. The predicted octanol–water partition coefficient (Wildman–Crippen LogP) is 2.51. The molecule has 1 aromatic carbocycles. The number of hydrogen-bond donors (Lipinski definition) is 1. The molecule has 0 radical (unpaired) electrons. The van der Waals surface area contributed by atoms with Crippen molar-refractivity contribution < 1.29 is 9.53 Å². The molecule has 1 aromatic heterocycles. The highest BCUT2D eigenvalue weighted by molar-refractivity contribution is 5.95. The molecule has 0 spiro atoms. The number of ether oxygens (including phenoxy) is 1. The van der Waals surface area contributed by atoms with Gasteiger partial charge in [-0.25, -0.2) is 9.48 Å². The Morgan fingerprint density at radius 3 is 2.95 bits per heavy atom. The van der Waals surface area contributed by atoms with E-state index in [2.05, 4.69) is 5.10 Å². The van der Waals surface area contributed by atoms with E-state index in [9.17, 15) is 4.79 Å². The smallest absolute Gasteiger partial charge is 0.340 e. The number of anilines is 1. The molecule has 0 amide bonds. The molecular formula is C15H17N3O2. The summed E-state index contributed by atoms with van der Waals surface area (Å²) in [6, 6.07) is 7.30. The summed E-state index contributed by atoms with van der Waals surface area (Å²) < 4.78 is 6.78. The Morgan fingerprint density at radius 1 is 1.45 bits per heavy atom. The topological polar surface area (TPSA) is 70.1 Å². The number of aromatic nitrogens is 2. The van der Waals surface area contributed by atoms with E-state index in [0.29, 0.717) is 23.8 Å². The standard InChI is InChI=1S/C15H17N3O2/c1-2-20-15(19)12-9-11(5-6-13(12)16)18-8-7-14(17-18)10-3-4-10/h5-10H,2-4,16H2,1H3. The summed E-state index contributed by atoms with van der Waals surface area (Å²) >= 11 is 0. The van der Waals surface area contributed by atoms with Crippen LogP contribution >= 0.6 is 0 Å². The summed E-state index contributed by atoms with van der Waals surface area (Å²) in [4.78, 5) is 11.8. The summed E-state index contributed by atoms with van der Waals surface area (Å²) in [5.74, 6) is 0.205. The van der Waals surface area contributed by atoms with Gasteiger partial charge in [0, 0.05) is 17.8 Å². The molecule has 1 aliphatic rings. The number of carbonyl (C=O) groups is 1. The van der Waals surface area contributed by atoms with Crippen LogP contribution in [0, 0.1) is 0 Å². The fourth-order valence-corrected chi connectivity index (χ4v) is 2.15. The molecule has 104 valence electrons. The molecule has 2 aromatic rings. The van der Waals surface area contributed by atoms with E-state index in [4.69, 9.17) is 10.5 Å². The fourth-order valence-electron chi connectivity index (χ4n) is 2.15. The maximum absolute atomic E-state index is 11.8. The molecule has 0 saturated heterocycles. The molecule has 2 N–H and O–H groups in total. The number of nitrogens with zero attached hydrogens (tertiary/aromatic N) is 2. The van der Waals surface area contributed by atoms with Gasteiger partial charge in [-0.15, -0.1) is 0 Å². The largest absolute Gasteiger partial charge is 0.462 e. The molecule has 1 fully saturated rings. The average molecular weight is 271 g/mol. The molecule has 0 unspecified atom stereocenters. The summed E-state index contributed by atoms with van der Waals surface area (Å²) in [6.45, 7) is 2.10. The van der Waals surface area contributed by atoms with Crippen LogP contribution in [0.2, 0.25) is 0 Å². The van der Waals surface area contributed by atoms with Crippen LogP contribution in [0.15, 0.2) is 30.5 Å². The molecule has 20 heavy (non-hydrogen) atoms. The second kappa shape index (κ2) is 5.00. The Morgan fingerprint density at radius 2 is 2.25 bits per heavy atom. The molecule has 1 saturated carbocycles. The molecule has 0 atom stereocenters. The number of benzene rings is 1. The van der Waals surface area contributed by atoms with Crippen molar-refractivity contribution in [3.63, 3.8) is 0 Å². The Balaban J connectivity index is 1.92. The van der Waals surface area contributed by atoms with Crippen LogP contribution in [0.25, 0.3) is 5.69 Å². The van der Waals surface area contributed by atoms with Crippen LogP contribution in [0.3, 0.4) is 0 Å². The molecule has 1 heterocycles. The van der Waals surface area contributed by atoms with E-state index in [1.54, 1.807) is 23.7 Å². The van der Waals surface area contributed by atoms with Gasteiger partial charge in [0.15, 0.2) is 0 Å². The van der Waals surface area contributed by atoms with Gasteiger partial charge in [0.25, 0.3) is 0 Å². The molecule has 0 bridgehead atoms. The molecule has 5 nitrogen and oxygen atoms in total. The summed E-state index contributed by atoms with van der Waals surface area (Å²) in [5, 5.41) is 4.54. The van der Waals surface area contributed by atoms with Gasteiger partial charge < -0.3 is 10.5 Å². The van der Waals surface area contributed by atoms with Gasteiger partial charge in [0.1, 0.15) is 0 Å². The second-order valence-electron chi connectivity index (χ2n) is 4.95. The summed E-state index contributed by atoms with van der Waals surface area (Å²) in [6.07, 6.45) is 4.34. The maximum atomic E-state index is 11.8. The van der Waals surface area contributed by atoms with Gasteiger partial charge in [0.05, 0.1) is 23.6 Å². The maximum Gasteiger partial charge on any atom is 0.340 e. The number of nitrogens with two attached hydrogens (primary N) is 1. The zero-order valence-corrected chi connectivity index (χ0v) is 11.4. The zero-order valence-electron chi connectivity index (χ0n) is 11.4. The zero-order chi connectivity index (χ0) is 14.1. The summed E-state index contributed by atoms with van der Waals surface area (Å²) in [7, 11) is 0. The van der Waals surface area contributed by atoms with Gasteiger partial charge in [0.2, 0.25) is 0 Å². The first-order valence-corrected chi connectivity index (χ1v) is 6.81. The van der Waals surface area contributed by atoms with Crippen LogP contribution in [0.1, 0.15) is 41.7 Å². The van der Waals surface area contributed by atoms with Crippen molar-refractivity contribution in [2.24, 2.45) is 0 Å². The predicted molar refractivity (Wildman–Crippen MR) is 75.9 cm³/mol. The van der Waals surface area contributed by atoms with Crippen molar-refractivity contribution in [1.82, 2.24) is 9.78 Å². The lowest BCUT2D eigenvalue weighted by atomic mass is 10.1. The Labute approximate surface area is 117 Å². The third kappa shape index (κ3) is 2.39. The lowest BCUT2D eigenvalue weighted by Crippen LogP contribution is -2.09. The molecule has 3 rings (SSSR count). The van der Waals surface area contributed by atoms with Crippen molar-refractivity contribution >= 4 is 11.7 Å². The van der Waals surface area contributed by atoms with Crippen LogP contribution < -0.4 is 5.73 Å². The van der Waals surface area contributed by atoms with Gasteiger partial charge >= 0.3 is 5.97 Å². The van der Waals surface area contributed by atoms with Crippen LogP contribution in [-0.4, -0.2) is 22.4 Å². The van der Waals surface area contributed by atoms with Gasteiger partial charge in [-0.2, -0.15) is 5.10 Å². The minimum Gasteiger partial charge on any atom is -0.462 e. The van der Waals surface area contributed by atoms with Crippen molar-refractivity contribution in [3.8, 4) is 5.69 Å². The Hall–Kier alpha value is -2.30. The molecule has 0 aliphatic heterocycles. The quantitative estimate of drug-likeness (QED) is 0.685. The molecule has 5 heteroatoms. The highest BCUT2D eigenvalue weighted by atomic mass is 16.5. The SMILES string of the molecule is CCOC(=O)c1cc(-n2ccc(C3CC3)n2)ccc1N. The third-order valence-electron chi connectivity index (χ3n) is 3.40. The number of nitrogen functional groups attached to an aromatic ring is 1. The van der Waals surface area contributed by atoms with Gasteiger partial charge in [-0.05, 0) is 44.0 Å². The second-order valence-corrected chi connectivity index (χ2v) is 4.95. The first-order chi connectivity index (χ1) is 9.69. The van der Waals surface area contributed by atoms with E-state index in [1.165, 1.54) is 12.8 Å². The minimum absolute atomic E-state index is 0.329. The molecule has 1 aliphatic carbocycles. The van der Waals surface area contributed by atoms with E-state index in [0.717, 1.165) is 11.4 Å². The monoisotopic (exact) mass is 271 g/mol. The lowest BCUT2D eigenvalue weighted by molar-refractivity contribution is 0.0527. The van der Waals surface area contributed by atoms with Crippen molar-refractivity contribution in [2.45, 2.75) is 25.7 Å². The highest BCUT2D eigenvalue weighted by Crippen LogP contribution is 2.39. The van der Waals surface area contributed by atoms with E-state index >= 15 is 0 Å². The van der Waals surface area contributed by atoms with E-state index in [-0.39, 0.29) is 0 Å². The minimum atomic E-state index is -0.401. The van der Waals surface area contributed by atoms with Crippen molar-refractivity contribution in [1.29, 1.82) is 0 Å². The normalized spacial score (nSPS) is 14.2. The lowest BCUT2D eigenvalue weighted by Gasteiger charge is -2.08. The number of rotatable bonds is 4. The van der Waals surface area contributed by atoms with E-state index < -0.39 is 5.97 Å². The Bertz CT molecular complexity index is 644. The summed E-state index contributed by atoms with van der Waals surface area (Å²) in [5.41, 5.74) is 8.56. The fraction of sp³-hybridized carbons (Fsp3) is 0.333. The van der Waals surface area contributed by atoms with Crippen LogP contribution in [0.5, 0.6) is 0 Å². The van der Waals surface area contributed by atoms with Crippen LogP contribution in [-0.2, 0) is 4.74 Å². The average Bonchev–Trinajstić information content (AvgIpc) is 3.18. The third-order valence-corrected chi connectivity index (χ3v) is 3.40. The highest BCUT2D eigenvalue weighted by Gasteiger charge is 2.26. The van der Waals surface area contributed by atoms with Gasteiger partial charge in [-0.1, -0.05) is 0 Å². The van der Waals surface area contributed by atoms with E-state index in [1.807, 2.05) is 18.3 Å². The number of hydrogen-bond acceptors (Lipinski definition) is 4. The first kappa shape index (κ1) is 12.7. The van der Waals surface area contributed by atoms with Gasteiger partial charge in [-0.3, -0.25) is 0 Å². The van der Waals surface area contributed by atoms with Crippen molar-refractivity contribution in [2.75, 3.05) is 12.3 Å². The molecular weight excluding hydrogens is 254 g/mol.